The zero-order valence-corrected chi connectivity index (χ0v) is 14.2. The average molecular weight is 327 g/mol. The third-order valence-electron chi connectivity index (χ3n) is 4.92. The fourth-order valence-electron chi connectivity index (χ4n) is 3.64. The van der Waals surface area contributed by atoms with E-state index in [4.69, 9.17) is 5.11 Å². The van der Waals surface area contributed by atoms with Crippen LogP contribution in [0.2, 0.25) is 0 Å². The van der Waals surface area contributed by atoms with Crippen molar-refractivity contribution in [2.24, 2.45) is 5.41 Å². The van der Waals surface area contributed by atoms with Crippen molar-refractivity contribution in [3.8, 4) is 11.1 Å². The Bertz CT molecular complexity index is 798. The van der Waals surface area contributed by atoms with Gasteiger partial charge < -0.3 is 10.4 Å². The Hall–Kier alpha value is -2.36. The van der Waals surface area contributed by atoms with Gasteiger partial charge in [-0.2, -0.15) is 0 Å². The molecule has 0 saturated carbocycles. The first kappa shape index (κ1) is 16.5. The second-order valence-corrected chi connectivity index (χ2v) is 7.12. The highest BCUT2D eigenvalue weighted by atomic mass is 19.1. The first-order valence-corrected chi connectivity index (χ1v) is 8.23. The fourth-order valence-corrected chi connectivity index (χ4v) is 3.64. The smallest absolute Gasteiger partial charge is 0.405 e. The summed E-state index contributed by atoms with van der Waals surface area (Å²) in [5.74, 6) is -0.179. The van der Waals surface area contributed by atoms with Gasteiger partial charge in [0.2, 0.25) is 0 Å². The largest absolute Gasteiger partial charge is 0.465 e. The number of hydrogen-bond acceptors (Lipinski definition) is 1. The van der Waals surface area contributed by atoms with Crippen LogP contribution in [0.3, 0.4) is 0 Å². The standard InChI is InChI=1S/C20H22FNO2/c1-4-12-5-6-14(10-17(12)21)13-7-8-16-15(9-13)11-20(2,3)18(16)22-19(23)24/h5-10,18,22H,4,11H2,1-3H3,(H,23,24)/t18-/m0/s1. The molecule has 2 aromatic rings. The molecule has 0 spiro atoms. The molecule has 0 radical (unpaired) electrons. The lowest BCUT2D eigenvalue weighted by molar-refractivity contribution is 0.175. The van der Waals surface area contributed by atoms with Crippen molar-refractivity contribution in [1.82, 2.24) is 5.32 Å². The third-order valence-corrected chi connectivity index (χ3v) is 4.92. The number of amides is 1. The topological polar surface area (TPSA) is 49.3 Å². The first-order chi connectivity index (χ1) is 11.3. The maximum Gasteiger partial charge on any atom is 0.405 e. The zero-order valence-electron chi connectivity index (χ0n) is 14.2. The quantitative estimate of drug-likeness (QED) is 0.838. The predicted octanol–water partition coefficient (Wildman–Crippen LogP) is 4.95. The van der Waals surface area contributed by atoms with Crippen LogP contribution in [0.4, 0.5) is 9.18 Å². The molecule has 0 aliphatic heterocycles. The van der Waals surface area contributed by atoms with Crippen LogP contribution in [0.5, 0.6) is 0 Å². The summed E-state index contributed by atoms with van der Waals surface area (Å²) in [5.41, 5.74) is 4.47. The summed E-state index contributed by atoms with van der Waals surface area (Å²) in [6, 6.07) is 11.1. The number of rotatable bonds is 3. The van der Waals surface area contributed by atoms with Crippen LogP contribution in [0.25, 0.3) is 11.1 Å². The van der Waals surface area contributed by atoms with Gasteiger partial charge in [-0.25, -0.2) is 9.18 Å². The van der Waals surface area contributed by atoms with Crippen LogP contribution in [-0.4, -0.2) is 11.2 Å². The second kappa shape index (κ2) is 5.93. The van der Waals surface area contributed by atoms with Crippen LogP contribution in [0.1, 0.15) is 43.5 Å². The summed E-state index contributed by atoms with van der Waals surface area (Å²) >= 11 is 0. The number of aryl methyl sites for hydroxylation is 1. The van der Waals surface area contributed by atoms with Gasteiger partial charge in [-0.1, -0.05) is 51.1 Å². The number of halogens is 1. The van der Waals surface area contributed by atoms with Gasteiger partial charge in [-0.15, -0.1) is 0 Å². The third kappa shape index (κ3) is 2.88. The van der Waals surface area contributed by atoms with Crippen LogP contribution < -0.4 is 5.32 Å². The monoisotopic (exact) mass is 327 g/mol. The van der Waals surface area contributed by atoms with E-state index in [-0.39, 0.29) is 17.3 Å². The van der Waals surface area contributed by atoms with Crippen LogP contribution >= 0.6 is 0 Å². The van der Waals surface area contributed by atoms with Gasteiger partial charge in [0.15, 0.2) is 0 Å². The van der Waals surface area contributed by atoms with Gasteiger partial charge in [0.25, 0.3) is 0 Å². The highest BCUT2D eigenvalue weighted by Crippen LogP contribution is 2.46. The van der Waals surface area contributed by atoms with E-state index in [0.717, 1.165) is 28.7 Å². The van der Waals surface area contributed by atoms with Crippen LogP contribution in [-0.2, 0) is 12.8 Å². The molecule has 3 rings (SSSR count). The Morgan fingerprint density at radius 3 is 2.54 bits per heavy atom. The van der Waals surface area contributed by atoms with Crippen LogP contribution in [0.15, 0.2) is 36.4 Å². The Kier molecular flexibility index (Phi) is 4.08. The summed E-state index contributed by atoms with van der Waals surface area (Å²) in [6.45, 7) is 6.05. The Labute approximate surface area is 141 Å². The molecule has 0 bridgehead atoms. The molecule has 24 heavy (non-hydrogen) atoms. The van der Waals surface area contributed by atoms with E-state index in [2.05, 4.69) is 25.2 Å². The van der Waals surface area contributed by atoms with E-state index in [0.29, 0.717) is 12.0 Å². The number of fused-ring (bicyclic) bond motifs is 1. The Morgan fingerprint density at radius 2 is 1.92 bits per heavy atom. The van der Waals surface area contributed by atoms with Gasteiger partial charge in [-0.05, 0) is 52.1 Å². The van der Waals surface area contributed by atoms with Gasteiger partial charge in [0, 0.05) is 0 Å². The number of benzene rings is 2. The molecule has 1 atom stereocenters. The van der Waals surface area contributed by atoms with Gasteiger partial charge >= 0.3 is 6.09 Å². The average Bonchev–Trinajstić information content (AvgIpc) is 2.76. The summed E-state index contributed by atoms with van der Waals surface area (Å²) < 4.78 is 14.1. The molecule has 1 amide bonds. The van der Waals surface area contributed by atoms with E-state index in [9.17, 15) is 9.18 Å². The maximum atomic E-state index is 14.1. The summed E-state index contributed by atoms with van der Waals surface area (Å²) in [6.07, 6.45) is 0.450. The number of nitrogens with one attached hydrogen (secondary N) is 1. The molecule has 0 saturated heterocycles. The normalized spacial score (nSPS) is 18.2. The lowest BCUT2D eigenvalue weighted by Gasteiger charge is -2.27. The number of carbonyl (C=O) groups is 1. The van der Waals surface area contributed by atoms with Crippen LogP contribution in [0, 0.1) is 11.2 Å². The summed E-state index contributed by atoms with van der Waals surface area (Å²) in [5, 5.41) is 11.7. The van der Waals surface area contributed by atoms with Crippen molar-refractivity contribution in [2.75, 3.05) is 0 Å². The van der Waals surface area contributed by atoms with Gasteiger partial charge in [0.1, 0.15) is 5.82 Å². The molecular formula is C20H22FNO2. The molecule has 126 valence electrons. The van der Waals surface area contributed by atoms with E-state index in [1.807, 2.05) is 31.2 Å². The van der Waals surface area contributed by atoms with E-state index in [1.54, 1.807) is 6.07 Å². The molecule has 1 aliphatic carbocycles. The summed E-state index contributed by atoms with van der Waals surface area (Å²) in [4.78, 5) is 11.1. The zero-order chi connectivity index (χ0) is 17.5. The minimum Gasteiger partial charge on any atom is -0.465 e. The van der Waals surface area contributed by atoms with Crippen molar-refractivity contribution >= 4 is 6.09 Å². The Morgan fingerprint density at radius 1 is 1.25 bits per heavy atom. The first-order valence-electron chi connectivity index (χ1n) is 8.23. The van der Waals surface area contributed by atoms with Gasteiger partial charge in [0.05, 0.1) is 6.04 Å². The summed E-state index contributed by atoms with van der Waals surface area (Å²) in [7, 11) is 0. The minimum atomic E-state index is -1.01. The maximum absolute atomic E-state index is 14.1. The molecule has 4 heteroatoms. The number of carboxylic acid groups (broad SMARTS) is 1. The second-order valence-electron chi connectivity index (χ2n) is 7.12. The van der Waals surface area contributed by atoms with Gasteiger partial charge in [-0.3, -0.25) is 0 Å². The van der Waals surface area contributed by atoms with E-state index >= 15 is 0 Å². The molecule has 0 fully saturated rings. The van der Waals surface area contributed by atoms with Crippen molar-refractivity contribution in [2.45, 2.75) is 39.7 Å². The molecule has 0 aromatic heterocycles. The van der Waals surface area contributed by atoms with E-state index in [1.165, 1.54) is 0 Å². The lowest BCUT2D eigenvalue weighted by atomic mass is 9.85. The molecule has 1 aliphatic rings. The SMILES string of the molecule is CCc1ccc(-c2ccc3c(c2)CC(C)(C)[C@H]3NC(=O)O)cc1F. The molecular weight excluding hydrogens is 305 g/mol. The molecule has 2 aromatic carbocycles. The highest BCUT2D eigenvalue weighted by molar-refractivity contribution is 5.68. The molecule has 0 unspecified atom stereocenters. The lowest BCUT2D eigenvalue weighted by Crippen LogP contribution is -2.34. The molecule has 0 heterocycles. The minimum absolute atomic E-state index is 0.179. The van der Waals surface area contributed by atoms with E-state index < -0.39 is 6.09 Å². The molecule has 3 nitrogen and oxygen atoms in total. The van der Waals surface area contributed by atoms with Crippen molar-refractivity contribution < 1.29 is 14.3 Å². The predicted molar refractivity (Wildman–Crippen MR) is 92.6 cm³/mol. The Balaban J connectivity index is 1.99. The van der Waals surface area contributed by atoms with Crippen molar-refractivity contribution in [3.05, 3.63) is 58.9 Å². The van der Waals surface area contributed by atoms with Crippen molar-refractivity contribution in [3.63, 3.8) is 0 Å². The fraction of sp³-hybridized carbons (Fsp3) is 0.350. The highest BCUT2D eigenvalue weighted by Gasteiger charge is 2.39. The molecule has 2 N–H and O–H groups in total. The van der Waals surface area contributed by atoms with Crippen molar-refractivity contribution in [1.29, 1.82) is 0 Å². The number of hydrogen-bond donors (Lipinski definition) is 2.